The number of aliphatic carboxylic acids is 1. The molecule has 2 rings (SSSR count). The van der Waals surface area contributed by atoms with Crippen LogP contribution in [-0.2, 0) is 43.4 Å². The lowest BCUT2D eigenvalue weighted by Crippen LogP contribution is -2.44. The molecule has 1 aromatic heterocycles. The number of Topliss-reactive ketones (excluding diaryl/α,β-unsaturated/α-hetero) is 1. The van der Waals surface area contributed by atoms with Crippen LogP contribution in [0.5, 0.6) is 0 Å². The number of nitrogens with one attached hydrogen (secondary N) is 1. The smallest absolute Gasteiger partial charge is 0.408 e. The maximum atomic E-state index is 12.4. The number of benzene rings is 1. The summed E-state index contributed by atoms with van der Waals surface area (Å²) >= 11 is 0. The number of methoxy groups -OCH3 is 1. The number of alkyl carbamates (subject to hydrolysis) is 1. The molecular formula is C18H21N5O7. The van der Waals surface area contributed by atoms with E-state index in [-0.39, 0.29) is 25.3 Å². The zero-order valence-corrected chi connectivity index (χ0v) is 16.2. The van der Waals surface area contributed by atoms with Gasteiger partial charge in [0, 0.05) is 6.42 Å². The molecule has 12 heteroatoms. The van der Waals surface area contributed by atoms with E-state index in [9.17, 15) is 19.2 Å². The average Bonchev–Trinajstić information content (AvgIpc) is 3.17. The molecule has 1 atom stereocenters. The van der Waals surface area contributed by atoms with E-state index < -0.39 is 42.8 Å². The molecule has 2 N–H and O–H groups in total. The van der Waals surface area contributed by atoms with E-state index in [1.807, 2.05) is 6.07 Å². The third kappa shape index (κ3) is 7.66. The number of esters is 1. The topological polar surface area (TPSA) is 163 Å². The summed E-state index contributed by atoms with van der Waals surface area (Å²) in [6, 6.07) is 7.53. The summed E-state index contributed by atoms with van der Waals surface area (Å²) in [4.78, 5) is 47.6. The molecule has 160 valence electrons. The number of ketones is 1. The van der Waals surface area contributed by atoms with Crippen LogP contribution in [-0.4, -0.2) is 62.3 Å². The van der Waals surface area contributed by atoms with Gasteiger partial charge in [-0.2, -0.15) is 4.80 Å². The summed E-state index contributed by atoms with van der Waals surface area (Å²) in [6.07, 6.45) is -1.34. The number of nitrogens with zero attached hydrogens (tertiary/aromatic N) is 4. The van der Waals surface area contributed by atoms with Gasteiger partial charge in [-0.1, -0.05) is 30.3 Å². The van der Waals surface area contributed by atoms with Gasteiger partial charge in [0.2, 0.25) is 0 Å². The third-order valence-electron chi connectivity index (χ3n) is 3.84. The molecule has 1 aromatic carbocycles. The minimum Gasteiger partial charge on any atom is -0.481 e. The van der Waals surface area contributed by atoms with E-state index in [4.69, 9.17) is 9.84 Å². The molecule has 1 heterocycles. The first-order chi connectivity index (χ1) is 14.4. The van der Waals surface area contributed by atoms with Crippen LogP contribution in [0.2, 0.25) is 0 Å². The number of hydrogen-bond acceptors (Lipinski definition) is 9. The highest BCUT2D eigenvalue weighted by Gasteiger charge is 2.25. The molecule has 12 nitrogen and oxygen atoms in total. The molecule has 2 aromatic rings. The second kappa shape index (κ2) is 11.2. The molecule has 0 fully saturated rings. The summed E-state index contributed by atoms with van der Waals surface area (Å²) in [5.41, 5.74) is 0.736. The quantitative estimate of drug-likeness (QED) is 0.478. The van der Waals surface area contributed by atoms with Gasteiger partial charge in [-0.25, -0.2) is 4.79 Å². The van der Waals surface area contributed by atoms with Gasteiger partial charge >= 0.3 is 18.0 Å². The number of ether oxygens (including phenoxy) is 2. The summed E-state index contributed by atoms with van der Waals surface area (Å²) in [5.74, 6) is -2.15. The largest absolute Gasteiger partial charge is 0.481 e. The minimum atomic E-state index is -1.34. The lowest BCUT2D eigenvalue weighted by atomic mass is 10.1. The van der Waals surface area contributed by atoms with Gasteiger partial charge in [0.15, 0.2) is 11.6 Å². The van der Waals surface area contributed by atoms with Crippen molar-refractivity contribution >= 4 is 23.8 Å². The normalized spacial score (nSPS) is 11.4. The highest BCUT2D eigenvalue weighted by molar-refractivity contribution is 5.90. The summed E-state index contributed by atoms with van der Waals surface area (Å²) in [5, 5.41) is 22.6. The number of aromatic nitrogens is 4. The molecule has 1 unspecified atom stereocenters. The van der Waals surface area contributed by atoms with E-state index in [0.717, 1.165) is 10.4 Å². The number of amides is 1. The van der Waals surface area contributed by atoms with Crippen LogP contribution >= 0.6 is 0 Å². The molecular weight excluding hydrogens is 398 g/mol. The van der Waals surface area contributed by atoms with Crippen molar-refractivity contribution in [1.82, 2.24) is 25.5 Å². The van der Waals surface area contributed by atoms with E-state index in [1.54, 1.807) is 24.3 Å². The maximum absolute atomic E-state index is 12.4. The molecule has 0 aliphatic heterocycles. The Morgan fingerprint density at radius 2 is 1.93 bits per heavy atom. The highest BCUT2D eigenvalue weighted by Crippen LogP contribution is 2.03. The van der Waals surface area contributed by atoms with Crippen molar-refractivity contribution in [1.29, 1.82) is 0 Å². The molecule has 0 radical (unpaired) electrons. The first-order valence-corrected chi connectivity index (χ1v) is 8.92. The SMILES string of the molecule is COC(=O)CCc1nnn(CC(=O)C(CC(=O)O)NC(=O)OCc2ccccc2)n1. The van der Waals surface area contributed by atoms with Gasteiger partial charge in [0.25, 0.3) is 0 Å². The van der Waals surface area contributed by atoms with Gasteiger partial charge in [-0.3, -0.25) is 14.4 Å². The Bertz CT molecular complexity index is 884. The van der Waals surface area contributed by atoms with Crippen LogP contribution in [0, 0.1) is 0 Å². The Hall–Kier alpha value is -3.83. The fourth-order valence-electron chi connectivity index (χ4n) is 2.34. The van der Waals surface area contributed by atoms with Crippen LogP contribution in [0.25, 0.3) is 0 Å². The van der Waals surface area contributed by atoms with Crippen LogP contribution in [0.15, 0.2) is 30.3 Å². The van der Waals surface area contributed by atoms with E-state index >= 15 is 0 Å². The van der Waals surface area contributed by atoms with Crippen molar-refractivity contribution in [2.75, 3.05) is 7.11 Å². The number of carbonyl (C=O) groups excluding carboxylic acids is 3. The third-order valence-corrected chi connectivity index (χ3v) is 3.84. The van der Waals surface area contributed by atoms with Gasteiger partial charge in [0.05, 0.1) is 20.0 Å². The molecule has 0 aliphatic rings. The number of tetrazole rings is 1. The molecule has 30 heavy (non-hydrogen) atoms. The van der Waals surface area contributed by atoms with E-state index in [2.05, 4.69) is 25.5 Å². The van der Waals surface area contributed by atoms with Crippen molar-refractivity contribution in [3.8, 4) is 0 Å². The lowest BCUT2D eigenvalue weighted by molar-refractivity contribution is -0.140. The lowest BCUT2D eigenvalue weighted by Gasteiger charge is -2.15. The van der Waals surface area contributed by atoms with Gasteiger partial charge in [0.1, 0.15) is 19.2 Å². The molecule has 0 saturated heterocycles. The number of aryl methyl sites for hydroxylation is 1. The van der Waals surface area contributed by atoms with E-state index in [1.165, 1.54) is 7.11 Å². The summed E-state index contributed by atoms with van der Waals surface area (Å²) in [7, 11) is 1.26. The van der Waals surface area contributed by atoms with Gasteiger partial charge in [-0.05, 0) is 10.8 Å². The van der Waals surface area contributed by atoms with Crippen LogP contribution in [0.1, 0.15) is 24.2 Å². The van der Waals surface area contributed by atoms with Crippen LogP contribution in [0.4, 0.5) is 4.79 Å². The van der Waals surface area contributed by atoms with Crippen LogP contribution < -0.4 is 5.32 Å². The van der Waals surface area contributed by atoms with Crippen molar-refractivity contribution in [3.05, 3.63) is 41.7 Å². The molecule has 0 saturated carbocycles. The number of carboxylic acids is 1. The van der Waals surface area contributed by atoms with Crippen molar-refractivity contribution in [2.24, 2.45) is 0 Å². The Labute approximate surface area is 171 Å². The van der Waals surface area contributed by atoms with Crippen molar-refractivity contribution < 1.29 is 33.8 Å². The van der Waals surface area contributed by atoms with Crippen molar-refractivity contribution in [2.45, 2.75) is 38.5 Å². The monoisotopic (exact) mass is 419 g/mol. The molecule has 0 bridgehead atoms. The number of carbonyl (C=O) groups is 4. The number of carboxylic acid groups (broad SMARTS) is 1. The zero-order valence-electron chi connectivity index (χ0n) is 16.2. The fourth-order valence-corrected chi connectivity index (χ4v) is 2.34. The standard InChI is InChI=1S/C18H21N5O7/c1-29-17(27)8-7-15-20-22-23(21-15)10-14(24)13(9-16(25)26)19-18(28)30-11-12-5-3-2-4-6-12/h2-6,13H,7-11H2,1H3,(H,19,28)(H,25,26). The summed E-state index contributed by atoms with van der Waals surface area (Å²) in [6.45, 7) is -0.447. The van der Waals surface area contributed by atoms with Gasteiger partial charge < -0.3 is 19.9 Å². The number of rotatable bonds is 11. The second-order valence-electron chi connectivity index (χ2n) is 6.14. The first-order valence-electron chi connectivity index (χ1n) is 8.92. The Morgan fingerprint density at radius 1 is 1.20 bits per heavy atom. The van der Waals surface area contributed by atoms with E-state index in [0.29, 0.717) is 0 Å². The first kappa shape index (κ1) is 22.5. The Morgan fingerprint density at radius 3 is 2.60 bits per heavy atom. The summed E-state index contributed by atoms with van der Waals surface area (Å²) < 4.78 is 9.53. The van der Waals surface area contributed by atoms with Gasteiger partial charge in [-0.15, -0.1) is 10.2 Å². The maximum Gasteiger partial charge on any atom is 0.408 e. The Kier molecular flexibility index (Phi) is 8.41. The molecule has 0 aliphatic carbocycles. The highest BCUT2D eigenvalue weighted by atomic mass is 16.5. The average molecular weight is 419 g/mol. The predicted octanol–water partition coefficient (Wildman–Crippen LogP) is 0.118. The number of hydrogen-bond donors (Lipinski definition) is 2. The van der Waals surface area contributed by atoms with Crippen molar-refractivity contribution in [3.63, 3.8) is 0 Å². The minimum absolute atomic E-state index is 0.0329. The predicted molar refractivity (Wildman–Crippen MR) is 99.0 cm³/mol. The Balaban J connectivity index is 1.91. The molecule has 1 amide bonds. The molecule has 0 spiro atoms. The zero-order chi connectivity index (χ0) is 21.9. The fraction of sp³-hybridized carbons (Fsp3) is 0.389. The van der Waals surface area contributed by atoms with Crippen LogP contribution in [0.3, 0.4) is 0 Å². The second-order valence-corrected chi connectivity index (χ2v) is 6.14.